The molecule has 0 fully saturated rings. The number of hydrogen-bond acceptors (Lipinski definition) is 2. The quantitative estimate of drug-likeness (QED) is 0.260. The number of nitrogens with zero attached hydrogens (tertiary/aromatic N) is 1. The standard InChI is InChI=1S/C24H17Br2NO/c25-20-11-10-19(23(26)14-20)16-28-21-12-8-17(9-13-21)15-27-24-7-3-5-18-4-1-2-6-22(18)24/h1-15H,16H2. The van der Waals surface area contributed by atoms with E-state index in [1.807, 2.05) is 72.9 Å². The van der Waals surface area contributed by atoms with Gasteiger partial charge < -0.3 is 4.74 Å². The molecule has 0 aromatic heterocycles. The molecule has 2 nitrogen and oxygen atoms in total. The van der Waals surface area contributed by atoms with Crippen LogP contribution in [0.1, 0.15) is 11.1 Å². The summed E-state index contributed by atoms with van der Waals surface area (Å²) in [5.41, 5.74) is 3.11. The molecule has 0 unspecified atom stereocenters. The summed E-state index contributed by atoms with van der Waals surface area (Å²) in [6.07, 6.45) is 1.89. The largest absolute Gasteiger partial charge is 0.489 e. The van der Waals surface area contributed by atoms with E-state index < -0.39 is 0 Å². The Morgan fingerprint density at radius 3 is 2.43 bits per heavy atom. The van der Waals surface area contributed by atoms with Crippen molar-refractivity contribution in [2.45, 2.75) is 6.61 Å². The zero-order valence-electron chi connectivity index (χ0n) is 15.0. The molecule has 0 amide bonds. The first-order valence-electron chi connectivity index (χ1n) is 8.88. The van der Waals surface area contributed by atoms with Crippen LogP contribution in [-0.4, -0.2) is 6.21 Å². The molecule has 4 heteroatoms. The molecule has 138 valence electrons. The molecule has 0 radical (unpaired) electrons. The van der Waals surface area contributed by atoms with Gasteiger partial charge in [-0.2, -0.15) is 0 Å². The zero-order valence-corrected chi connectivity index (χ0v) is 18.2. The van der Waals surface area contributed by atoms with Crippen molar-refractivity contribution in [2.24, 2.45) is 4.99 Å². The maximum Gasteiger partial charge on any atom is 0.119 e. The van der Waals surface area contributed by atoms with Crippen LogP contribution in [0.2, 0.25) is 0 Å². The third kappa shape index (κ3) is 4.51. The zero-order chi connectivity index (χ0) is 19.3. The lowest BCUT2D eigenvalue weighted by Gasteiger charge is -2.08. The summed E-state index contributed by atoms with van der Waals surface area (Å²) in [5, 5.41) is 2.35. The average Bonchev–Trinajstić information content (AvgIpc) is 2.72. The van der Waals surface area contributed by atoms with Gasteiger partial charge in [0, 0.05) is 26.1 Å². The Kier molecular flexibility index (Phi) is 5.89. The summed E-state index contributed by atoms with van der Waals surface area (Å²) in [6.45, 7) is 0.511. The third-order valence-electron chi connectivity index (χ3n) is 4.41. The summed E-state index contributed by atoms with van der Waals surface area (Å²) in [5.74, 6) is 0.831. The normalized spacial score (nSPS) is 11.2. The molecule has 0 saturated heterocycles. The van der Waals surface area contributed by atoms with Gasteiger partial charge in [-0.25, -0.2) is 0 Å². The van der Waals surface area contributed by atoms with Crippen LogP contribution in [0.25, 0.3) is 10.8 Å². The maximum absolute atomic E-state index is 5.90. The van der Waals surface area contributed by atoms with Gasteiger partial charge in [-0.1, -0.05) is 74.3 Å². The summed E-state index contributed by atoms with van der Waals surface area (Å²) in [7, 11) is 0. The Bertz CT molecular complexity index is 1130. The Morgan fingerprint density at radius 1 is 0.821 bits per heavy atom. The minimum absolute atomic E-state index is 0.511. The number of hydrogen-bond donors (Lipinski definition) is 0. The van der Waals surface area contributed by atoms with Gasteiger partial charge in [-0.05, 0) is 53.4 Å². The highest BCUT2D eigenvalue weighted by Gasteiger charge is 2.02. The molecule has 0 spiro atoms. The van der Waals surface area contributed by atoms with Gasteiger partial charge in [0.2, 0.25) is 0 Å². The Labute approximate surface area is 181 Å². The fraction of sp³-hybridized carbons (Fsp3) is 0.0417. The summed E-state index contributed by atoms with van der Waals surface area (Å²) >= 11 is 7.03. The lowest BCUT2D eigenvalue weighted by atomic mass is 10.1. The van der Waals surface area contributed by atoms with Crippen LogP contribution in [0, 0.1) is 0 Å². The molecule has 0 atom stereocenters. The Hall–Kier alpha value is -2.43. The van der Waals surface area contributed by atoms with Crippen molar-refractivity contribution in [1.82, 2.24) is 0 Å². The molecule has 0 aliphatic carbocycles. The van der Waals surface area contributed by atoms with Crippen molar-refractivity contribution in [1.29, 1.82) is 0 Å². The number of fused-ring (bicyclic) bond motifs is 1. The lowest BCUT2D eigenvalue weighted by Crippen LogP contribution is -1.96. The van der Waals surface area contributed by atoms with E-state index in [4.69, 9.17) is 4.74 Å². The molecule has 4 aromatic carbocycles. The molecule has 0 aliphatic rings. The highest BCUT2D eigenvalue weighted by atomic mass is 79.9. The molecule has 0 heterocycles. The summed E-state index contributed by atoms with van der Waals surface area (Å²) < 4.78 is 7.97. The fourth-order valence-corrected chi connectivity index (χ4v) is 4.08. The second-order valence-corrected chi connectivity index (χ2v) is 8.12. The monoisotopic (exact) mass is 493 g/mol. The Balaban J connectivity index is 1.45. The average molecular weight is 495 g/mol. The van der Waals surface area contributed by atoms with Crippen molar-refractivity contribution < 1.29 is 4.74 Å². The van der Waals surface area contributed by atoms with E-state index >= 15 is 0 Å². The van der Waals surface area contributed by atoms with Gasteiger partial charge >= 0.3 is 0 Å². The SMILES string of the molecule is Brc1ccc(COc2ccc(C=Nc3cccc4ccccc34)cc2)c(Br)c1. The maximum atomic E-state index is 5.90. The minimum atomic E-state index is 0.511. The van der Waals surface area contributed by atoms with Crippen LogP contribution in [0.15, 0.2) is 98.9 Å². The van der Waals surface area contributed by atoms with Crippen molar-refractivity contribution in [3.05, 3.63) is 105 Å². The van der Waals surface area contributed by atoms with Gasteiger partial charge in [-0.3, -0.25) is 4.99 Å². The molecular weight excluding hydrogens is 478 g/mol. The second-order valence-electron chi connectivity index (χ2n) is 6.35. The van der Waals surface area contributed by atoms with E-state index in [9.17, 15) is 0 Å². The molecule has 4 rings (SSSR count). The van der Waals surface area contributed by atoms with Gasteiger partial charge in [0.1, 0.15) is 12.4 Å². The van der Waals surface area contributed by atoms with E-state index in [1.165, 1.54) is 5.39 Å². The van der Waals surface area contributed by atoms with Crippen molar-refractivity contribution in [3.63, 3.8) is 0 Å². The number of halogens is 2. The second kappa shape index (κ2) is 8.72. The summed E-state index contributed by atoms with van der Waals surface area (Å²) in [4.78, 5) is 4.67. The highest BCUT2D eigenvalue weighted by molar-refractivity contribution is 9.11. The Morgan fingerprint density at radius 2 is 1.61 bits per heavy atom. The van der Waals surface area contributed by atoms with E-state index in [0.29, 0.717) is 6.61 Å². The number of benzene rings is 4. The van der Waals surface area contributed by atoms with Crippen LogP contribution in [0.5, 0.6) is 5.75 Å². The lowest BCUT2D eigenvalue weighted by molar-refractivity contribution is 0.305. The molecular formula is C24H17Br2NO. The third-order valence-corrected chi connectivity index (χ3v) is 5.64. The van der Waals surface area contributed by atoms with Crippen LogP contribution in [0.3, 0.4) is 0 Å². The molecule has 28 heavy (non-hydrogen) atoms. The van der Waals surface area contributed by atoms with Gasteiger partial charge in [0.15, 0.2) is 0 Å². The van der Waals surface area contributed by atoms with Gasteiger partial charge in [0.05, 0.1) is 5.69 Å². The number of aliphatic imine (C=N–C) groups is 1. The topological polar surface area (TPSA) is 21.6 Å². The van der Waals surface area contributed by atoms with Gasteiger partial charge in [0.25, 0.3) is 0 Å². The molecule has 0 bridgehead atoms. The fourth-order valence-electron chi connectivity index (χ4n) is 2.91. The minimum Gasteiger partial charge on any atom is -0.489 e. The van der Waals surface area contributed by atoms with Crippen LogP contribution >= 0.6 is 31.9 Å². The highest BCUT2D eigenvalue weighted by Crippen LogP contribution is 2.26. The van der Waals surface area contributed by atoms with E-state index in [2.05, 4.69) is 55.1 Å². The first kappa shape index (κ1) is 18.9. The van der Waals surface area contributed by atoms with Crippen molar-refractivity contribution >= 4 is 54.5 Å². The van der Waals surface area contributed by atoms with Gasteiger partial charge in [-0.15, -0.1) is 0 Å². The van der Waals surface area contributed by atoms with Crippen LogP contribution in [0.4, 0.5) is 5.69 Å². The first-order chi connectivity index (χ1) is 13.7. The van der Waals surface area contributed by atoms with E-state index in [1.54, 1.807) is 0 Å². The molecule has 0 aliphatic heterocycles. The predicted molar refractivity (Wildman–Crippen MR) is 124 cm³/mol. The molecule has 4 aromatic rings. The van der Waals surface area contributed by atoms with E-state index in [0.717, 1.165) is 36.9 Å². The number of ether oxygens (including phenoxy) is 1. The van der Waals surface area contributed by atoms with Crippen LogP contribution in [-0.2, 0) is 6.61 Å². The number of rotatable bonds is 5. The molecule has 0 saturated carbocycles. The van der Waals surface area contributed by atoms with E-state index in [-0.39, 0.29) is 0 Å². The van der Waals surface area contributed by atoms with Crippen LogP contribution < -0.4 is 4.74 Å². The first-order valence-corrected chi connectivity index (χ1v) is 10.5. The molecule has 0 N–H and O–H groups in total. The smallest absolute Gasteiger partial charge is 0.119 e. The van der Waals surface area contributed by atoms with Crippen molar-refractivity contribution in [2.75, 3.05) is 0 Å². The predicted octanol–water partition coefficient (Wildman–Crippen LogP) is 7.69. The van der Waals surface area contributed by atoms with Crippen molar-refractivity contribution in [3.8, 4) is 5.75 Å². The summed E-state index contributed by atoms with van der Waals surface area (Å²) in [6, 6.07) is 28.5.